The fourth-order valence-electron chi connectivity index (χ4n) is 2.82. The average Bonchev–Trinajstić information content (AvgIpc) is 2.69. The summed E-state index contributed by atoms with van der Waals surface area (Å²) in [5.41, 5.74) is -0.0239. The second-order valence-corrected chi connectivity index (χ2v) is 7.04. The molecule has 0 aliphatic carbocycles. The van der Waals surface area contributed by atoms with Gasteiger partial charge in [-0.1, -0.05) is 40.5 Å². The lowest BCUT2D eigenvalue weighted by Crippen LogP contribution is -2.43. The first kappa shape index (κ1) is 23.4. The van der Waals surface area contributed by atoms with E-state index in [0.29, 0.717) is 13.2 Å². The number of nitrogens with zero attached hydrogens (tertiary/aromatic N) is 1. The van der Waals surface area contributed by atoms with Crippen molar-refractivity contribution < 1.29 is 14.3 Å². The van der Waals surface area contributed by atoms with Crippen LogP contribution in [-0.2, 0) is 9.53 Å². The van der Waals surface area contributed by atoms with Crippen LogP contribution in [0.25, 0.3) is 0 Å². The van der Waals surface area contributed by atoms with E-state index in [4.69, 9.17) is 9.47 Å². The van der Waals surface area contributed by atoms with Crippen molar-refractivity contribution in [3.8, 4) is 5.75 Å². The van der Waals surface area contributed by atoms with Crippen molar-refractivity contribution in [2.45, 2.75) is 65.9 Å². The fraction of sp³-hybridized carbons (Fsp3) is 0.682. The third-order valence-electron chi connectivity index (χ3n) is 4.80. The lowest BCUT2D eigenvalue weighted by molar-refractivity contribution is -0.140. The highest BCUT2D eigenvalue weighted by Gasteiger charge is 2.33. The molecule has 0 saturated heterocycles. The second-order valence-electron chi connectivity index (χ2n) is 7.04. The van der Waals surface area contributed by atoms with Crippen molar-refractivity contribution in [1.29, 1.82) is 0 Å². The lowest BCUT2D eigenvalue weighted by atomic mass is 9.97. The summed E-state index contributed by atoms with van der Waals surface area (Å²) in [6.45, 7) is 14.6. The van der Waals surface area contributed by atoms with Crippen LogP contribution in [0.3, 0.4) is 0 Å². The minimum Gasteiger partial charge on any atom is -0.492 e. The monoisotopic (exact) mass is 378 g/mol. The number of carbonyl (C=O) groups excluding carboxylic acids is 1. The third kappa shape index (κ3) is 8.31. The molecule has 0 aliphatic heterocycles. The average molecular weight is 379 g/mol. The van der Waals surface area contributed by atoms with E-state index in [0.717, 1.165) is 56.8 Å². The zero-order valence-electron chi connectivity index (χ0n) is 17.8. The molecular formula is C22H38N2O3. The van der Waals surface area contributed by atoms with E-state index in [1.165, 1.54) is 0 Å². The van der Waals surface area contributed by atoms with Gasteiger partial charge in [0.2, 0.25) is 0 Å². The highest BCUT2D eigenvalue weighted by atomic mass is 16.5. The van der Waals surface area contributed by atoms with Gasteiger partial charge in [0.25, 0.3) is 5.91 Å². The van der Waals surface area contributed by atoms with Crippen molar-refractivity contribution in [1.82, 2.24) is 4.90 Å². The quantitative estimate of drug-likeness (QED) is 0.509. The number of ether oxygens (including phenoxy) is 2. The van der Waals surface area contributed by atoms with Gasteiger partial charge in [0, 0.05) is 18.8 Å². The van der Waals surface area contributed by atoms with E-state index in [2.05, 4.69) is 37.9 Å². The van der Waals surface area contributed by atoms with Crippen LogP contribution in [-0.4, -0.2) is 49.3 Å². The Bertz CT molecular complexity index is 519. The summed E-state index contributed by atoms with van der Waals surface area (Å²) in [7, 11) is 0. The van der Waals surface area contributed by atoms with Gasteiger partial charge < -0.3 is 19.7 Å². The molecule has 0 saturated carbocycles. The molecule has 0 aromatic heterocycles. The Hall–Kier alpha value is -1.59. The van der Waals surface area contributed by atoms with Gasteiger partial charge in [-0.15, -0.1) is 0 Å². The highest BCUT2D eigenvalue weighted by molar-refractivity contribution is 5.97. The van der Waals surface area contributed by atoms with Gasteiger partial charge in [-0.2, -0.15) is 0 Å². The molecule has 154 valence electrons. The molecule has 1 N–H and O–H groups in total. The predicted octanol–water partition coefficient (Wildman–Crippen LogP) is 4.72. The number of likely N-dealkylation sites (N-methyl/N-ethyl adjacent to an activating group) is 1. The number of benzene rings is 1. The summed E-state index contributed by atoms with van der Waals surface area (Å²) in [5, 5.41) is 2.99. The van der Waals surface area contributed by atoms with Crippen molar-refractivity contribution in [3.63, 3.8) is 0 Å². The van der Waals surface area contributed by atoms with E-state index >= 15 is 0 Å². The fourth-order valence-corrected chi connectivity index (χ4v) is 2.82. The minimum absolute atomic E-state index is 0.0837. The Morgan fingerprint density at radius 1 is 1.04 bits per heavy atom. The predicted molar refractivity (Wildman–Crippen MR) is 113 cm³/mol. The van der Waals surface area contributed by atoms with Gasteiger partial charge in [-0.25, -0.2) is 0 Å². The van der Waals surface area contributed by atoms with Crippen molar-refractivity contribution in [3.05, 3.63) is 24.3 Å². The summed E-state index contributed by atoms with van der Waals surface area (Å²) in [5.74, 6) is 0.732. The van der Waals surface area contributed by atoms with Gasteiger partial charge in [0.05, 0.1) is 0 Å². The Morgan fingerprint density at radius 2 is 1.70 bits per heavy atom. The van der Waals surface area contributed by atoms with E-state index < -0.39 is 5.60 Å². The SMILES string of the molecule is CCCC[C@](C)(OCCC)C(=O)Nc1ccc(OCCN(CC)CC)cc1. The maximum absolute atomic E-state index is 12.8. The van der Waals surface area contributed by atoms with Gasteiger partial charge in [0.1, 0.15) is 18.0 Å². The molecular weight excluding hydrogens is 340 g/mol. The summed E-state index contributed by atoms with van der Waals surface area (Å²) in [6.07, 6.45) is 3.63. The van der Waals surface area contributed by atoms with Crippen LogP contribution in [0.4, 0.5) is 5.69 Å². The number of hydrogen-bond acceptors (Lipinski definition) is 4. The van der Waals surface area contributed by atoms with Crippen LogP contribution < -0.4 is 10.1 Å². The number of hydrogen-bond donors (Lipinski definition) is 1. The summed E-state index contributed by atoms with van der Waals surface area (Å²) in [4.78, 5) is 15.1. The maximum atomic E-state index is 12.8. The number of nitrogens with one attached hydrogen (secondary N) is 1. The standard InChI is InChI=1S/C22H38N2O3/c1-6-10-15-22(5,27-17-7-2)21(25)23-19-11-13-20(14-12-19)26-18-16-24(8-3)9-4/h11-14H,6-10,15-18H2,1-5H3,(H,23,25)/t22-/m0/s1. The molecule has 0 radical (unpaired) electrons. The zero-order chi connectivity index (χ0) is 20.1. The van der Waals surface area contributed by atoms with Crippen molar-refractivity contribution >= 4 is 11.6 Å². The maximum Gasteiger partial charge on any atom is 0.256 e. The van der Waals surface area contributed by atoms with E-state index in [1.54, 1.807) is 0 Å². The van der Waals surface area contributed by atoms with E-state index in [9.17, 15) is 4.79 Å². The van der Waals surface area contributed by atoms with E-state index in [-0.39, 0.29) is 5.91 Å². The topological polar surface area (TPSA) is 50.8 Å². The van der Waals surface area contributed by atoms with Gasteiger partial charge in [-0.05, 0) is 57.1 Å². The van der Waals surface area contributed by atoms with E-state index in [1.807, 2.05) is 31.2 Å². The molecule has 0 aliphatic rings. The van der Waals surface area contributed by atoms with Crippen LogP contribution in [0.15, 0.2) is 24.3 Å². The number of unbranched alkanes of at least 4 members (excludes halogenated alkanes) is 1. The first-order valence-electron chi connectivity index (χ1n) is 10.4. The van der Waals surface area contributed by atoms with Crippen molar-refractivity contribution in [2.75, 3.05) is 38.2 Å². The molecule has 5 heteroatoms. The minimum atomic E-state index is -0.787. The second kappa shape index (κ2) is 12.7. The molecule has 27 heavy (non-hydrogen) atoms. The van der Waals surface area contributed by atoms with Crippen LogP contribution >= 0.6 is 0 Å². The lowest BCUT2D eigenvalue weighted by Gasteiger charge is -2.28. The number of amides is 1. The number of carbonyl (C=O) groups is 1. The van der Waals surface area contributed by atoms with Gasteiger partial charge in [-0.3, -0.25) is 4.79 Å². The molecule has 0 bridgehead atoms. The van der Waals surface area contributed by atoms with Crippen LogP contribution in [0.1, 0.15) is 60.3 Å². The third-order valence-corrected chi connectivity index (χ3v) is 4.80. The molecule has 5 nitrogen and oxygen atoms in total. The highest BCUT2D eigenvalue weighted by Crippen LogP contribution is 2.23. The largest absolute Gasteiger partial charge is 0.492 e. The molecule has 1 rings (SSSR count). The summed E-state index contributed by atoms with van der Waals surface area (Å²) < 4.78 is 11.7. The summed E-state index contributed by atoms with van der Waals surface area (Å²) in [6, 6.07) is 7.55. The smallest absolute Gasteiger partial charge is 0.256 e. The molecule has 0 spiro atoms. The van der Waals surface area contributed by atoms with Crippen LogP contribution in [0.5, 0.6) is 5.75 Å². The van der Waals surface area contributed by atoms with Gasteiger partial charge >= 0.3 is 0 Å². The van der Waals surface area contributed by atoms with Gasteiger partial charge in [0.15, 0.2) is 0 Å². The Balaban J connectivity index is 2.60. The first-order valence-corrected chi connectivity index (χ1v) is 10.4. The molecule has 0 fully saturated rings. The van der Waals surface area contributed by atoms with Crippen molar-refractivity contribution in [2.24, 2.45) is 0 Å². The Kier molecular flexibility index (Phi) is 11.1. The first-order chi connectivity index (χ1) is 13.0. The molecule has 0 heterocycles. The molecule has 1 atom stereocenters. The normalized spacial score (nSPS) is 13.4. The molecule has 0 unspecified atom stereocenters. The molecule has 1 aromatic carbocycles. The molecule has 1 amide bonds. The Morgan fingerprint density at radius 3 is 2.26 bits per heavy atom. The number of anilines is 1. The van der Waals surface area contributed by atoms with Crippen LogP contribution in [0.2, 0.25) is 0 Å². The Labute approximate surface area is 165 Å². The zero-order valence-corrected chi connectivity index (χ0v) is 17.8. The number of rotatable bonds is 14. The molecule has 1 aromatic rings. The summed E-state index contributed by atoms with van der Waals surface area (Å²) >= 11 is 0. The van der Waals surface area contributed by atoms with Crippen LogP contribution in [0, 0.1) is 0 Å².